The zero-order valence-electron chi connectivity index (χ0n) is 13.4. The summed E-state index contributed by atoms with van der Waals surface area (Å²) in [5.41, 5.74) is 1.77. The fourth-order valence-electron chi connectivity index (χ4n) is 2.83. The molecule has 2 aromatic rings. The van der Waals surface area contributed by atoms with Gasteiger partial charge in [0.15, 0.2) is 6.61 Å². The van der Waals surface area contributed by atoms with Crippen molar-refractivity contribution in [2.24, 2.45) is 0 Å². The highest BCUT2D eigenvalue weighted by molar-refractivity contribution is 5.98. The molecule has 0 bridgehead atoms. The van der Waals surface area contributed by atoms with Gasteiger partial charge in [0.25, 0.3) is 11.6 Å². The third kappa shape index (κ3) is 3.65. The number of amides is 1. The molecule has 7 heteroatoms. The lowest BCUT2D eigenvalue weighted by atomic mass is 10.0. The predicted molar refractivity (Wildman–Crippen MR) is 90.5 cm³/mol. The highest BCUT2D eigenvalue weighted by Crippen LogP contribution is 2.26. The van der Waals surface area contributed by atoms with Crippen LogP contribution in [-0.4, -0.2) is 30.0 Å². The molecule has 1 aliphatic rings. The molecule has 128 valence electrons. The van der Waals surface area contributed by atoms with Crippen LogP contribution < -0.4 is 4.90 Å². The number of para-hydroxylation sites is 1. The lowest BCUT2D eigenvalue weighted by molar-refractivity contribution is -0.384. The summed E-state index contributed by atoms with van der Waals surface area (Å²) in [6, 6.07) is 12.9. The maximum Gasteiger partial charge on any atom is 0.338 e. The summed E-state index contributed by atoms with van der Waals surface area (Å²) in [7, 11) is 0. The van der Waals surface area contributed by atoms with Gasteiger partial charge in [0.05, 0.1) is 10.5 Å². The fraction of sp³-hybridized carbons (Fsp3) is 0.222. The summed E-state index contributed by atoms with van der Waals surface area (Å²) < 4.78 is 5.04. The Morgan fingerprint density at radius 3 is 2.76 bits per heavy atom. The Bertz CT molecular complexity index is 834. The van der Waals surface area contributed by atoms with E-state index in [9.17, 15) is 19.7 Å². The number of non-ortho nitro benzene ring substituents is 1. The van der Waals surface area contributed by atoms with Crippen molar-refractivity contribution in [3.05, 3.63) is 69.8 Å². The molecule has 0 unspecified atom stereocenters. The summed E-state index contributed by atoms with van der Waals surface area (Å²) in [6.07, 6.45) is 1.76. The third-order valence-electron chi connectivity index (χ3n) is 4.03. The van der Waals surface area contributed by atoms with E-state index < -0.39 is 17.5 Å². The number of anilines is 1. The van der Waals surface area contributed by atoms with Crippen LogP contribution >= 0.6 is 0 Å². The summed E-state index contributed by atoms with van der Waals surface area (Å²) >= 11 is 0. The second-order valence-electron chi connectivity index (χ2n) is 5.66. The van der Waals surface area contributed by atoms with Crippen LogP contribution in [0.15, 0.2) is 48.5 Å². The molecule has 0 saturated carbocycles. The second-order valence-corrected chi connectivity index (χ2v) is 5.66. The summed E-state index contributed by atoms with van der Waals surface area (Å²) in [5, 5.41) is 10.8. The van der Waals surface area contributed by atoms with Gasteiger partial charge in [-0.25, -0.2) is 4.79 Å². The van der Waals surface area contributed by atoms with E-state index in [0.717, 1.165) is 30.2 Å². The van der Waals surface area contributed by atoms with Crippen LogP contribution in [0.1, 0.15) is 22.3 Å². The Morgan fingerprint density at radius 1 is 1.16 bits per heavy atom. The van der Waals surface area contributed by atoms with Crippen molar-refractivity contribution in [3.63, 3.8) is 0 Å². The molecule has 0 radical (unpaired) electrons. The molecule has 7 nitrogen and oxygen atoms in total. The number of nitro groups is 1. The molecule has 0 aromatic heterocycles. The van der Waals surface area contributed by atoms with Crippen LogP contribution in [0.4, 0.5) is 11.4 Å². The first-order valence-electron chi connectivity index (χ1n) is 7.86. The van der Waals surface area contributed by atoms with E-state index in [4.69, 9.17) is 4.74 Å². The highest BCUT2D eigenvalue weighted by atomic mass is 16.6. The third-order valence-corrected chi connectivity index (χ3v) is 4.03. The monoisotopic (exact) mass is 340 g/mol. The summed E-state index contributed by atoms with van der Waals surface area (Å²) in [6.45, 7) is 0.167. The second kappa shape index (κ2) is 7.12. The van der Waals surface area contributed by atoms with E-state index in [1.165, 1.54) is 18.2 Å². The van der Waals surface area contributed by atoms with Crippen molar-refractivity contribution in [1.82, 2.24) is 0 Å². The number of carbonyl (C=O) groups is 2. The first-order chi connectivity index (χ1) is 12.1. The molecule has 1 heterocycles. The molecule has 0 fully saturated rings. The number of rotatable bonds is 4. The minimum absolute atomic E-state index is 0.0426. The number of benzene rings is 2. The molecule has 0 N–H and O–H groups in total. The zero-order valence-corrected chi connectivity index (χ0v) is 13.4. The van der Waals surface area contributed by atoms with Gasteiger partial charge in [-0.3, -0.25) is 14.9 Å². The normalized spacial score (nSPS) is 13.0. The van der Waals surface area contributed by atoms with Crippen LogP contribution in [0.5, 0.6) is 0 Å². The standard InChI is InChI=1S/C18H16N2O5/c21-17(19-10-4-7-13-5-1-2-9-16(13)19)12-25-18(22)14-6-3-8-15(11-14)20(23)24/h1-3,5-6,8-9,11H,4,7,10,12H2. The average molecular weight is 340 g/mol. The van der Waals surface area contributed by atoms with Crippen LogP contribution in [0.25, 0.3) is 0 Å². The number of nitro benzene ring substituents is 1. The van der Waals surface area contributed by atoms with E-state index in [1.54, 1.807) is 4.90 Å². The lowest BCUT2D eigenvalue weighted by Crippen LogP contribution is -2.38. The SMILES string of the molecule is O=C(OCC(=O)N1CCCc2ccccc21)c1cccc([N+](=O)[O-])c1. The predicted octanol–water partition coefficient (Wildman–Crippen LogP) is 2.73. The van der Waals surface area contributed by atoms with E-state index in [1.807, 2.05) is 24.3 Å². The quantitative estimate of drug-likeness (QED) is 0.485. The number of fused-ring (bicyclic) bond motifs is 1. The van der Waals surface area contributed by atoms with Crippen molar-refractivity contribution < 1.29 is 19.2 Å². The fourth-order valence-corrected chi connectivity index (χ4v) is 2.83. The van der Waals surface area contributed by atoms with E-state index in [2.05, 4.69) is 0 Å². The molecular formula is C18H16N2O5. The highest BCUT2D eigenvalue weighted by Gasteiger charge is 2.23. The maximum absolute atomic E-state index is 12.4. The number of aryl methyl sites for hydroxylation is 1. The number of nitrogens with zero attached hydrogens (tertiary/aromatic N) is 2. The van der Waals surface area contributed by atoms with Crippen LogP contribution in [0.2, 0.25) is 0 Å². The van der Waals surface area contributed by atoms with Crippen molar-refractivity contribution >= 4 is 23.3 Å². The molecule has 1 aliphatic heterocycles. The molecule has 2 aromatic carbocycles. The molecule has 0 saturated heterocycles. The van der Waals surface area contributed by atoms with Crippen molar-refractivity contribution in [2.45, 2.75) is 12.8 Å². The number of hydrogen-bond donors (Lipinski definition) is 0. The maximum atomic E-state index is 12.4. The molecular weight excluding hydrogens is 324 g/mol. The summed E-state index contributed by atoms with van der Waals surface area (Å²) in [4.78, 5) is 36.2. The van der Waals surface area contributed by atoms with Gasteiger partial charge in [0, 0.05) is 24.4 Å². The molecule has 0 atom stereocenters. The number of ether oxygens (including phenoxy) is 1. The van der Waals surface area contributed by atoms with Crippen LogP contribution in [0.3, 0.4) is 0 Å². The van der Waals surface area contributed by atoms with Gasteiger partial charge in [-0.05, 0) is 30.5 Å². The van der Waals surface area contributed by atoms with Gasteiger partial charge in [0.1, 0.15) is 0 Å². The van der Waals surface area contributed by atoms with Gasteiger partial charge < -0.3 is 9.64 Å². The van der Waals surface area contributed by atoms with Gasteiger partial charge >= 0.3 is 5.97 Å². The number of hydrogen-bond acceptors (Lipinski definition) is 5. The molecule has 0 aliphatic carbocycles. The van der Waals surface area contributed by atoms with Gasteiger partial charge in [0.2, 0.25) is 0 Å². The van der Waals surface area contributed by atoms with Crippen LogP contribution in [0, 0.1) is 10.1 Å². The molecule has 3 rings (SSSR count). The number of carbonyl (C=O) groups excluding carboxylic acids is 2. The first-order valence-corrected chi connectivity index (χ1v) is 7.86. The van der Waals surface area contributed by atoms with Gasteiger partial charge in [-0.15, -0.1) is 0 Å². The van der Waals surface area contributed by atoms with E-state index in [-0.39, 0.29) is 17.2 Å². The van der Waals surface area contributed by atoms with E-state index >= 15 is 0 Å². The van der Waals surface area contributed by atoms with Crippen LogP contribution in [-0.2, 0) is 16.0 Å². The molecule has 0 spiro atoms. The molecule has 25 heavy (non-hydrogen) atoms. The Morgan fingerprint density at radius 2 is 1.96 bits per heavy atom. The minimum Gasteiger partial charge on any atom is -0.452 e. The Hall–Kier alpha value is -3.22. The average Bonchev–Trinajstić information content (AvgIpc) is 2.65. The zero-order chi connectivity index (χ0) is 17.8. The Kier molecular flexibility index (Phi) is 4.74. The minimum atomic E-state index is -0.762. The van der Waals surface area contributed by atoms with Gasteiger partial charge in [-0.2, -0.15) is 0 Å². The molecule has 1 amide bonds. The first kappa shape index (κ1) is 16.6. The smallest absolute Gasteiger partial charge is 0.338 e. The topological polar surface area (TPSA) is 89.8 Å². The Balaban J connectivity index is 1.66. The van der Waals surface area contributed by atoms with Crippen molar-refractivity contribution in [1.29, 1.82) is 0 Å². The van der Waals surface area contributed by atoms with E-state index in [0.29, 0.717) is 6.54 Å². The largest absolute Gasteiger partial charge is 0.452 e. The Labute approximate surface area is 144 Å². The lowest BCUT2D eigenvalue weighted by Gasteiger charge is -2.29. The van der Waals surface area contributed by atoms with Crippen molar-refractivity contribution in [2.75, 3.05) is 18.1 Å². The number of esters is 1. The van der Waals surface area contributed by atoms with Gasteiger partial charge in [-0.1, -0.05) is 24.3 Å². The van der Waals surface area contributed by atoms with Crippen molar-refractivity contribution in [3.8, 4) is 0 Å². The summed E-state index contributed by atoms with van der Waals surface area (Å²) in [5.74, 6) is -1.08.